The van der Waals surface area contributed by atoms with Gasteiger partial charge in [-0.05, 0) is 72.4 Å². The van der Waals surface area contributed by atoms with Gasteiger partial charge < -0.3 is 30.1 Å². The fraction of sp³-hybridized carbons (Fsp3) is 0.543. The number of esters is 1. The number of ether oxygens (including phenoxy) is 2. The zero-order valence-electron chi connectivity index (χ0n) is 28.4. The Kier molecular flexibility index (Phi) is 13.0. The van der Waals surface area contributed by atoms with Gasteiger partial charge >= 0.3 is 12.1 Å². The lowest BCUT2D eigenvalue weighted by Crippen LogP contribution is -2.56. The number of carbonyl (C=O) groups is 4. The summed E-state index contributed by atoms with van der Waals surface area (Å²) in [5, 5.41) is 16.7. The van der Waals surface area contributed by atoms with Crippen molar-refractivity contribution in [1.29, 1.82) is 0 Å². The summed E-state index contributed by atoms with van der Waals surface area (Å²) in [6.07, 6.45) is -0.0674. The molecule has 0 aliphatic carbocycles. The predicted octanol–water partition coefficient (Wildman–Crippen LogP) is 5.60. The van der Waals surface area contributed by atoms with Crippen molar-refractivity contribution in [2.75, 3.05) is 6.54 Å². The van der Waals surface area contributed by atoms with Gasteiger partial charge in [-0.15, -0.1) is 0 Å². The van der Waals surface area contributed by atoms with E-state index in [0.29, 0.717) is 12.0 Å². The molecule has 2 aromatic carbocycles. The molecule has 0 aliphatic rings. The maximum absolute atomic E-state index is 14.3. The monoisotopic (exact) mass is 625 g/mol. The number of aryl methyl sites for hydroxylation is 1. The summed E-state index contributed by atoms with van der Waals surface area (Å²) in [6.45, 7) is 17.6. The van der Waals surface area contributed by atoms with E-state index in [2.05, 4.69) is 10.6 Å². The number of hydrogen-bond acceptors (Lipinski definition) is 7. The Morgan fingerprint density at radius 1 is 0.867 bits per heavy atom. The second-order valence-electron chi connectivity index (χ2n) is 13.3. The molecular weight excluding hydrogens is 574 g/mol. The molecule has 10 heteroatoms. The van der Waals surface area contributed by atoms with Crippen LogP contribution in [0.1, 0.15) is 91.5 Å². The molecule has 45 heavy (non-hydrogen) atoms. The Labute approximate surface area is 267 Å². The van der Waals surface area contributed by atoms with Crippen LogP contribution in [0.2, 0.25) is 0 Å². The van der Waals surface area contributed by atoms with E-state index >= 15 is 0 Å². The van der Waals surface area contributed by atoms with E-state index in [1.165, 1.54) is 4.90 Å². The molecule has 0 heterocycles. The Morgan fingerprint density at radius 3 is 2.00 bits per heavy atom. The third kappa shape index (κ3) is 11.1. The molecule has 0 saturated carbocycles. The van der Waals surface area contributed by atoms with Crippen LogP contribution in [0.5, 0.6) is 5.75 Å². The van der Waals surface area contributed by atoms with E-state index < -0.39 is 53.2 Å². The largest absolute Gasteiger partial charge is 0.507 e. The first-order valence-electron chi connectivity index (χ1n) is 15.5. The summed E-state index contributed by atoms with van der Waals surface area (Å²) in [5.74, 6) is -2.32. The SMILES string of the molecule is CCC(C)C(NC(=O)OC(C)(C)C)C(=O)N(CC)C(C(=O)NC(Cc1ccccc1)C(=O)OC(C)(C)C)c1cccc(C)c1O. The van der Waals surface area contributed by atoms with Crippen molar-refractivity contribution in [2.45, 2.75) is 111 Å². The van der Waals surface area contributed by atoms with E-state index in [4.69, 9.17) is 9.47 Å². The number of amides is 3. The molecule has 0 aromatic heterocycles. The van der Waals surface area contributed by atoms with Gasteiger partial charge in [-0.25, -0.2) is 9.59 Å². The number of aromatic hydroxyl groups is 1. The molecule has 248 valence electrons. The van der Waals surface area contributed by atoms with Crippen molar-refractivity contribution in [3.05, 3.63) is 65.2 Å². The van der Waals surface area contributed by atoms with Crippen molar-refractivity contribution in [3.63, 3.8) is 0 Å². The summed E-state index contributed by atoms with van der Waals surface area (Å²) in [5.41, 5.74) is -0.112. The second kappa shape index (κ2) is 15.8. The fourth-order valence-corrected chi connectivity index (χ4v) is 4.78. The first-order valence-corrected chi connectivity index (χ1v) is 15.5. The van der Waals surface area contributed by atoms with Gasteiger partial charge in [-0.2, -0.15) is 0 Å². The van der Waals surface area contributed by atoms with Gasteiger partial charge in [0.05, 0.1) is 0 Å². The van der Waals surface area contributed by atoms with Gasteiger partial charge in [0.1, 0.15) is 35.1 Å². The van der Waals surface area contributed by atoms with Crippen molar-refractivity contribution in [1.82, 2.24) is 15.5 Å². The number of nitrogens with zero attached hydrogens (tertiary/aromatic N) is 1. The van der Waals surface area contributed by atoms with Gasteiger partial charge in [0.2, 0.25) is 11.8 Å². The maximum atomic E-state index is 14.3. The quantitative estimate of drug-likeness (QED) is 0.262. The van der Waals surface area contributed by atoms with Crippen LogP contribution < -0.4 is 10.6 Å². The topological polar surface area (TPSA) is 134 Å². The number of rotatable bonds is 12. The normalized spacial score (nSPS) is 14.4. The molecular formula is C35H51N3O7. The van der Waals surface area contributed by atoms with E-state index in [-0.39, 0.29) is 30.2 Å². The molecule has 2 aromatic rings. The maximum Gasteiger partial charge on any atom is 0.408 e. The summed E-state index contributed by atoms with van der Waals surface area (Å²) >= 11 is 0. The van der Waals surface area contributed by atoms with Crippen LogP contribution in [0.4, 0.5) is 4.79 Å². The number of benzene rings is 2. The third-order valence-corrected chi connectivity index (χ3v) is 7.19. The number of alkyl carbamates (subject to hydrolysis) is 1. The lowest BCUT2D eigenvalue weighted by atomic mass is 9.94. The number of nitrogens with one attached hydrogen (secondary N) is 2. The molecule has 3 amide bonds. The first kappa shape index (κ1) is 37.1. The van der Waals surface area contributed by atoms with Gasteiger partial charge in [-0.1, -0.05) is 68.8 Å². The van der Waals surface area contributed by atoms with Gasteiger partial charge in [0.15, 0.2) is 0 Å². The van der Waals surface area contributed by atoms with Crippen LogP contribution in [0.15, 0.2) is 48.5 Å². The number of phenols is 1. The summed E-state index contributed by atoms with van der Waals surface area (Å²) in [6, 6.07) is 10.7. The van der Waals surface area contributed by atoms with Gasteiger partial charge in [0, 0.05) is 18.5 Å². The first-order chi connectivity index (χ1) is 20.9. The third-order valence-electron chi connectivity index (χ3n) is 7.19. The fourth-order valence-electron chi connectivity index (χ4n) is 4.78. The molecule has 0 saturated heterocycles. The molecule has 4 unspecified atom stereocenters. The second-order valence-corrected chi connectivity index (χ2v) is 13.3. The minimum atomic E-state index is -1.34. The molecule has 2 rings (SSSR count). The number of hydrogen-bond donors (Lipinski definition) is 3. The average Bonchev–Trinajstić information content (AvgIpc) is 2.94. The van der Waals surface area contributed by atoms with E-state index in [1.807, 2.05) is 44.2 Å². The van der Waals surface area contributed by atoms with E-state index in [0.717, 1.165) is 5.56 Å². The average molecular weight is 626 g/mol. The Balaban J connectivity index is 2.60. The number of phenolic OH excluding ortho intramolecular Hbond substituents is 1. The van der Waals surface area contributed by atoms with Crippen LogP contribution in [0.3, 0.4) is 0 Å². The van der Waals surface area contributed by atoms with Crippen molar-refractivity contribution in [3.8, 4) is 5.75 Å². The van der Waals surface area contributed by atoms with E-state index in [1.54, 1.807) is 73.6 Å². The minimum absolute atomic E-state index is 0.0586. The molecule has 10 nitrogen and oxygen atoms in total. The number of likely N-dealkylation sites (N-methyl/N-ethyl adjacent to an activating group) is 1. The lowest BCUT2D eigenvalue weighted by Gasteiger charge is -2.36. The highest BCUT2D eigenvalue weighted by Gasteiger charge is 2.40. The number of para-hydroxylation sites is 1. The highest BCUT2D eigenvalue weighted by Crippen LogP contribution is 2.33. The Hall–Kier alpha value is -4.08. The van der Waals surface area contributed by atoms with Gasteiger partial charge in [0.25, 0.3) is 0 Å². The standard InChI is InChI=1S/C35H51N3O7/c1-11-22(3)27(37-33(43)45-35(8,9)10)31(41)38(12-2)28(25-20-16-17-23(4)29(25)39)30(40)36-26(32(42)44-34(5,6)7)21-24-18-14-13-15-19-24/h13-20,22,26-28,39H,11-12,21H2,1-10H3,(H,36,40)(H,37,43). The van der Waals surface area contributed by atoms with Crippen LogP contribution in [0, 0.1) is 12.8 Å². The zero-order valence-corrected chi connectivity index (χ0v) is 28.4. The highest BCUT2D eigenvalue weighted by molar-refractivity contribution is 5.94. The van der Waals surface area contributed by atoms with Crippen molar-refractivity contribution >= 4 is 23.9 Å². The summed E-state index contributed by atoms with van der Waals surface area (Å²) in [7, 11) is 0. The molecule has 0 radical (unpaired) electrons. The molecule has 4 atom stereocenters. The Morgan fingerprint density at radius 2 is 1.47 bits per heavy atom. The van der Waals surface area contributed by atoms with Crippen LogP contribution in [0.25, 0.3) is 0 Å². The molecule has 0 fully saturated rings. The number of carbonyl (C=O) groups excluding carboxylic acids is 4. The van der Waals surface area contributed by atoms with Crippen LogP contribution in [-0.4, -0.2) is 63.7 Å². The van der Waals surface area contributed by atoms with E-state index in [9.17, 15) is 24.3 Å². The molecule has 0 aliphatic heterocycles. The minimum Gasteiger partial charge on any atom is -0.507 e. The highest BCUT2D eigenvalue weighted by atomic mass is 16.6. The smallest absolute Gasteiger partial charge is 0.408 e. The van der Waals surface area contributed by atoms with Crippen molar-refractivity contribution in [2.24, 2.45) is 5.92 Å². The predicted molar refractivity (Wildman–Crippen MR) is 174 cm³/mol. The van der Waals surface area contributed by atoms with Crippen LogP contribution in [-0.2, 0) is 30.3 Å². The van der Waals surface area contributed by atoms with Crippen molar-refractivity contribution < 1.29 is 33.8 Å². The summed E-state index contributed by atoms with van der Waals surface area (Å²) in [4.78, 5) is 56.1. The molecule has 0 spiro atoms. The van der Waals surface area contributed by atoms with Crippen LogP contribution >= 0.6 is 0 Å². The van der Waals surface area contributed by atoms with Gasteiger partial charge in [-0.3, -0.25) is 9.59 Å². The Bertz CT molecular complexity index is 1310. The lowest BCUT2D eigenvalue weighted by molar-refractivity contribution is -0.159. The molecule has 0 bridgehead atoms. The molecule has 3 N–H and O–H groups in total. The summed E-state index contributed by atoms with van der Waals surface area (Å²) < 4.78 is 11.1. The zero-order chi connectivity index (χ0) is 34.1.